The third kappa shape index (κ3) is 2.63. The van der Waals surface area contributed by atoms with Crippen LogP contribution in [0.5, 0.6) is 0 Å². The lowest BCUT2D eigenvalue weighted by Gasteiger charge is -2.31. The molecule has 0 radical (unpaired) electrons. The highest BCUT2D eigenvalue weighted by atomic mass is 32.2. The number of nitriles is 1. The molecule has 104 valence electrons. The van der Waals surface area contributed by atoms with Crippen LogP contribution in [0, 0.1) is 11.5 Å². The smallest absolute Gasteiger partial charge is 0.230 e. The van der Waals surface area contributed by atoms with Gasteiger partial charge in [-0.05, 0) is 43.4 Å². The SMILES string of the molecule is CSC(=Nc1ccc2c(c1)CNC(=O)C2(C)C)NC#N. The van der Waals surface area contributed by atoms with E-state index < -0.39 is 5.41 Å². The molecule has 0 saturated carbocycles. The van der Waals surface area contributed by atoms with Gasteiger partial charge in [-0.25, -0.2) is 4.99 Å². The number of rotatable bonds is 1. The van der Waals surface area contributed by atoms with Crippen molar-refractivity contribution in [2.24, 2.45) is 4.99 Å². The first-order chi connectivity index (χ1) is 9.48. The summed E-state index contributed by atoms with van der Waals surface area (Å²) < 4.78 is 0. The van der Waals surface area contributed by atoms with Crippen molar-refractivity contribution in [3.05, 3.63) is 29.3 Å². The minimum Gasteiger partial charge on any atom is -0.351 e. The van der Waals surface area contributed by atoms with Crippen molar-refractivity contribution in [3.8, 4) is 6.19 Å². The van der Waals surface area contributed by atoms with E-state index in [2.05, 4.69) is 15.6 Å². The van der Waals surface area contributed by atoms with Crippen LogP contribution in [-0.2, 0) is 16.8 Å². The van der Waals surface area contributed by atoms with Gasteiger partial charge in [0.15, 0.2) is 11.4 Å². The first-order valence-electron chi connectivity index (χ1n) is 6.18. The summed E-state index contributed by atoms with van der Waals surface area (Å²) in [7, 11) is 0. The van der Waals surface area contributed by atoms with Crippen LogP contribution < -0.4 is 10.6 Å². The van der Waals surface area contributed by atoms with Crippen molar-refractivity contribution in [2.75, 3.05) is 6.26 Å². The second kappa shape index (κ2) is 5.55. The number of carbonyl (C=O) groups excluding carboxylic acids is 1. The molecule has 5 nitrogen and oxygen atoms in total. The molecule has 0 unspecified atom stereocenters. The van der Waals surface area contributed by atoms with Gasteiger partial charge in [-0.3, -0.25) is 10.1 Å². The highest BCUT2D eigenvalue weighted by Crippen LogP contribution is 2.32. The van der Waals surface area contributed by atoms with E-state index in [-0.39, 0.29) is 5.91 Å². The molecule has 0 fully saturated rings. The average Bonchev–Trinajstić information content (AvgIpc) is 2.42. The number of fused-ring (bicyclic) bond motifs is 1. The van der Waals surface area contributed by atoms with Crippen LogP contribution in [0.4, 0.5) is 5.69 Å². The van der Waals surface area contributed by atoms with Crippen molar-refractivity contribution in [1.29, 1.82) is 5.26 Å². The standard InChI is InChI=1S/C14H16N4OS/c1-14(2)11-5-4-10(18-13(20-3)17-8-15)6-9(11)7-16-12(14)19/h4-6H,7H2,1-3H3,(H,16,19)(H,17,18). The molecule has 1 aromatic carbocycles. The predicted molar refractivity (Wildman–Crippen MR) is 80.7 cm³/mol. The topological polar surface area (TPSA) is 77.3 Å². The van der Waals surface area contributed by atoms with Crippen molar-refractivity contribution >= 4 is 28.5 Å². The molecule has 1 aliphatic heterocycles. The highest BCUT2D eigenvalue weighted by molar-refractivity contribution is 8.13. The number of nitrogens with one attached hydrogen (secondary N) is 2. The molecule has 6 heteroatoms. The molecule has 1 heterocycles. The number of hydrogen-bond acceptors (Lipinski definition) is 4. The molecule has 1 amide bonds. The fraction of sp³-hybridized carbons (Fsp3) is 0.357. The van der Waals surface area contributed by atoms with E-state index in [9.17, 15) is 4.79 Å². The average molecular weight is 288 g/mol. The van der Waals surface area contributed by atoms with Crippen molar-refractivity contribution in [1.82, 2.24) is 10.6 Å². The first-order valence-corrected chi connectivity index (χ1v) is 7.41. The minimum absolute atomic E-state index is 0.0391. The Morgan fingerprint density at radius 1 is 1.55 bits per heavy atom. The summed E-state index contributed by atoms with van der Waals surface area (Å²) >= 11 is 1.37. The molecule has 0 bridgehead atoms. The van der Waals surface area contributed by atoms with E-state index >= 15 is 0 Å². The Bertz CT molecular complexity index is 616. The zero-order valence-corrected chi connectivity index (χ0v) is 12.5. The maximum atomic E-state index is 11.9. The van der Waals surface area contributed by atoms with E-state index in [1.807, 2.05) is 44.5 Å². The molecule has 2 N–H and O–H groups in total. The minimum atomic E-state index is -0.525. The zero-order valence-electron chi connectivity index (χ0n) is 11.7. The van der Waals surface area contributed by atoms with Gasteiger partial charge in [-0.2, -0.15) is 5.26 Å². The van der Waals surface area contributed by atoms with Crippen LogP contribution in [0.15, 0.2) is 23.2 Å². The molecule has 1 aromatic rings. The first kappa shape index (κ1) is 14.4. The lowest BCUT2D eigenvalue weighted by Crippen LogP contribution is -2.44. The van der Waals surface area contributed by atoms with E-state index in [1.54, 1.807) is 0 Å². The number of benzene rings is 1. The molecule has 0 saturated heterocycles. The maximum absolute atomic E-state index is 11.9. The van der Waals surface area contributed by atoms with Crippen LogP contribution in [0.25, 0.3) is 0 Å². The van der Waals surface area contributed by atoms with Crippen molar-refractivity contribution in [2.45, 2.75) is 25.8 Å². The van der Waals surface area contributed by atoms with Gasteiger partial charge in [0, 0.05) is 6.54 Å². The fourth-order valence-corrected chi connectivity index (χ4v) is 2.56. The van der Waals surface area contributed by atoms with Gasteiger partial charge < -0.3 is 5.32 Å². The number of thioether (sulfide) groups is 1. The Labute approximate surface area is 122 Å². The Morgan fingerprint density at radius 3 is 2.95 bits per heavy atom. The van der Waals surface area contributed by atoms with Gasteiger partial charge in [-0.1, -0.05) is 17.8 Å². The van der Waals surface area contributed by atoms with E-state index in [0.717, 1.165) is 16.8 Å². The van der Waals surface area contributed by atoms with E-state index in [1.165, 1.54) is 11.8 Å². The van der Waals surface area contributed by atoms with Gasteiger partial charge in [0.05, 0.1) is 11.1 Å². The molecular formula is C14H16N4OS. The van der Waals surface area contributed by atoms with Gasteiger partial charge in [0.1, 0.15) is 0 Å². The largest absolute Gasteiger partial charge is 0.351 e. The normalized spacial score (nSPS) is 16.9. The molecule has 0 aliphatic carbocycles. The van der Waals surface area contributed by atoms with Gasteiger partial charge >= 0.3 is 0 Å². The summed E-state index contributed by atoms with van der Waals surface area (Å²) in [5.41, 5.74) is 2.33. The second-order valence-corrected chi connectivity index (χ2v) is 5.80. The number of hydrogen-bond donors (Lipinski definition) is 2. The lowest BCUT2D eigenvalue weighted by molar-refractivity contribution is -0.126. The highest BCUT2D eigenvalue weighted by Gasteiger charge is 2.35. The molecule has 0 aromatic heterocycles. The predicted octanol–water partition coefficient (Wildman–Crippen LogP) is 2.02. The second-order valence-electron chi connectivity index (χ2n) is 5.01. The summed E-state index contributed by atoms with van der Waals surface area (Å²) in [5, 5.41) is 14.6. The summed E-state index contributed by atoms with van der Waals surface area (Å²) in [5.74, 6) is 0.0391. The maximum Gasteiger partial charge on any atom is 0.230 e. The van der Waals surface area contributed by atoms with Crippen LogP contribution in [0.2, 0.25) is 0 Å². The lowest BCUT2D eigenvalue weighted by atomic mass is 9.78. The molecule has 1 aliphatic rings. The Hall–Kier alpha value is -2.00. The Kier molecular flexibility index (Phi) is 4.00. The Balaban J connectivity index is 2.39. The quantitative estimate of drug-likeness (QED) is 0.359. The van der Waals surface area contributed by atoms with Crippen LogP contribution >= 0.6 is 11.8 Å². The summed E-state index contributed by atoms with van der Waals surface area (Å²) in [6, 6.07) is 5.76. The number of carbonyl (C=O) groups is 1. The molecule has 2 rings (SSSR count). The van der Waals surface area contributed by atoms with Gasteiger partial charge in [-0.15, -0.1) is 0 Å². The van der Waals surface area contributed by atoms with Crippen LogP contribution in [0.3, 0.4) is 0 Å². The van der Waals surface area contributed by atoms with E-state index in [4.69, 9.17) is 5.26 Å². The Morgan fingerprint density at radius 2 is 2.30 bits per heavy atom. The van der Waals surface area contributed by atoms with Crippen molar-refractivity contribution in [3.63, 3.8) is 0 Å². The molecule has 0 spiro atoms. The van der Waals surface area contributed by atoms with Crippen molar-refractivity contribution < 1.29 is 4.79 Å². The third-order valence-corrected chi connectivity index (χ3v) is 3.94. The summed E-state index contributed by atoms with van der Waals surface area (Å²) in [6.07, 6.45) is 3.71. The third-order valence-electron chi connectivity index (χ3n) is 3.36. The number of amidine groups is 1. The summed E-state index contributed by atoms with van der Waals surface area (Å²) in [6.45, 7) is 4.34. The molecule has 0 atom stereocenters. The molecular weight excluding hydrogens is 272 g/mol. The zero-order chi connectivity index (χ0) is 14.8. The van der Waals surface area contributed by atoms with Crippen LogP contribution in [-0.4, -0.2) is 17.3 Å². The fourth-order valence-electron chi connectivity index (χ4n) is 2.21. The number of amides is 1. The number of aliphatic imine (C=N–C) groups is 1. The van der Waals surface area contributed by atoms with Crippen LogP contribution in [0.1, 0.15) is 25.0 Å². The summed E-state index contributed by atoms with van der Waals surface area (Å²) in [4.78, 5) is 16.3. The number of nitrogens with zero attached hydrogens (tertiary/aromatic N) is 2. The monoisotopic (exact) mass is 288 g/mol. The van der Waals surface area contributed by atoms with E-state index in [0.29, 0.717) is 11.7 Å². The molecule has 20 heavy (non-hydrogen) atoms. The van der Waals surface area contributed by atoms with Gasteiger partial charge in [0.2, 0.25) is 5.91 Å². The van der Waals surface area contributed by atoms with Gasteiger partial charge in [0.25, 0.3) is 0 Å².